The number of fused-ring (bicyclic) bond motifs is 1. The third-order valence-electron chi connectivity index (χ3n) is 6.78. The summed E-state index contributed by atoms with van der Waals surface area (Å²) in [5.74, 6) is -5.07. The Labute approximate surface area is 250 Å². The lowest BCUT2D eigenvalue weighted by Gasteiger charge is -2.37. The average molecular weight is 617 g/mol. The molecule has 0 spiro atoms. The predicted molar refractivity (Wildman–Crippen MR) is 150 cm³/mol. The molecule has 0 radical (unpaired) electrons. The molecule has 1 saturated heterocycles. The second kappa shape index (κ2) is 13.6. The molecule has 0 saturated carbocycles. The van der Waals surface area contributed by atoms with Gasteiger partial charge in [-0.1, -0.05) is 18.2 Å². The standard InChI is InChI=1S/C30H31F3N4O7/c1-17(2)43-29(41)37-13-12-25(23(15-37)27(39)36-44-28(40)30(31,32)33)35-26(38)19-8-10-21(11-9-19)42-16-20-14-18(3)34-24-7-5-4-6-22(20)24/h4-11,14,17,23,25H,12-13,15-16H2,1-3H3,(H,35,38)(H,36,39)/t23-,25+/m0/s1. The van der Waals surface area contributed by atoms with Crippen LogP contribution in [-0.4, -0.2) is 65.2 Å². The number of rotatable bonds is 7. The molecule has 1 aliphatic rings. The van der Waals surface area contributed by atoms with Crippen LogP contribution in [0.15, 0.2) is 54.6 Å². The van der Waals surface area contributed by atoms with Gasteiger partial charge >= 0.3 is 18.2 Å². The Morgan fingerprint density at radius 1 is 1.07 bits per heavy atom. The van der Waals surface area contributed by atoms with E-state index in [1.807, 2.05) is 37.3 Å². The molecule has 1 aliphatic heterocycles. The minimum absolute atomic E-state index is 0.0741. The Morgan fingerprint density at radius 2 is 1.77 bits per heavy atom. The number of alkyl halides is 3. The van der Waals surface area contributed by atoms with E-state index in [0.717, 1.165) is 22.2 Å². The van der Waals surface area contributed by atoms with Gasteiger partial charge in [-0.25, -0.2) is 9.59 Å². The summed E-state index contributed by atoms with van der Waals surface area (Å²) >= 11 is 0. The van der Waals surface area contributed by atoms with Crippen molar-refractivity contribution >= 4 is 34.8 Å². The van der Waals surface area contributed by atoms with E-state index in [0.29, 0.717) is 5.75 Å². The van der Waals surface area contributed by atoms with Crippen LogP contribution in [-0.2, 0) is 25.8 Å². The van der Waals surface area contributed by atoms with Crippen molar-refractivity contribution in [2.24, 2.45) is 5.92 Å². The maximum absolute atomic E-state index is 13.1. The fourth-order valence-corrected chi connectivity index (χ4v) is 4.69. The normalized spacial score (nSPS) is 16.8. The number of nitrogens with zero attached hydrogens (tertiary/aromatic N) is 2. The van der Waals surface area contributed by atoms with Gasteiger partial charge in [0.1, 0.15) is 12.4 Å². The highest BCUT2D eigenvalue weighted by Gasteiger charge is 2.43. The van der Waals surface area contributed by atoms with Crippen LogP contribution in [0.1, 0.15) is 41.9 Å². The Balaban J connectivity index is 1.41. The van der Waals surface area contributed by atoms with Crippen molar-refractivity contribution in [3.8, 4) is 5.75 Å². The van der Waals surface area contributed by atoms with E-state index in [9.17, 15) is 32.3 Å². The van der Waals surface area contributed by atoms with Gasteiger partial charge in [-0.2, -0.15) is 18.7 Å². The molecule has 2 atom stereocenters. The summed E-state index contributed by atoms with van der Waals surface area (Å²) in [4.78, 5) is 59.0. The Kier molecular flexibility index (Phi) is 9.91. The van der Waals surface area contributed by atoms with E-state index in [2.05, 4.69) is 15.1 Å². The molecule has 14 heteroatoms. The van der Waals surface area contributed by atoms with Crippen molar-refractivity contribution < 1.29 is 46.7 Å². The number of hydrogen-bond donors (Lipinski definition) is 2. The zero-order valence-electron chi connectivity index (χ0n) is 24.1. The Morgan fingerprint density at radius 3 is 2.45 bits per heavy atom. The summed E-state index contributed by atoms with van der Waals surface area (Å²) in [7, 11) is 0. The van der Waals surface area contributed by atoms with Crippen LogP contribution in [0, 0.1) is 12.8 Å². The van der Waals surface area contributed by atoms with Crippen LogP contribution < -0.4 is 15.5 Å². The van der Waals surface area contributed by atoms with E-state index in [4.69, 9.17) is 9.47 Å². The minimum Gasteiger partial charge on any atom is -0.489 e. The number of aryl methyl sites for hydroxylation is 1. The Hall–Kier alpha value is -4.88. The number of benzene rings is 2. The van der Waals surface area contributed by atoms with Gasteiger partial charge in [0.15, 0.2) is 0 Å². The van der Waals surface area contributed by atoms with Crippen molar-refractivity contribution in [1.82, 2.24) is 20.7 Å². The first-order valence-corrected chi connectivity index (χ1v) is 13.7. The summed E-state index contributed by atoms with van der Waals surface area (Å²) in [5, 5.41) is 3.66. The molecule has 2 heterocycles. The van der Waals surface area contributed by atoms with E-state index in [1.165, 1.54) is 22.5 Å². The lowest BCUT2D eigenvalue weighted by Crippen LogP contribution is -2.57. The van der Waals surface area contributed by atoms with E-state index in [1.54, 1.807) is 26.0 Å². The zero-order valence-corrected chi connectivity index (χ0v) is 24.1. The van der Waals surface area contributed by atoms with Gasteiger partial charge in [0.25, 0.3) is 11.8 Å². The molecule has 4 rings (SSSR count). The molecule has 234 valence electrons. The summed E-state index contributed by atoms with van der Waals surface area (Å²) in [5.41, 5.74) is 4.37. The second-order valence-electron chi connectivity index (χ2n) is 10.5. The van der Waals surface area contributed by atoms with Crippen LogP contribution in [0.2, 0.25) is 0 Å². The van der Waals surface area contributed by atoms with Crippen LogP contribution in [0.4, 0.5) is 18.0 Å². The van der Waals surface area contributed by atoms with Gasteiger partial charge in [-0.05, 0) is 63.6 Å². The molecular weight excluding hydrogens is 585 g/mol. The van der Waals surface area contributed by atoms with Crippen molar-refractivity contribution in [2.75, 3.05) is 13.1 Å². The number of carbonyl (C=O) groups excluding carboxylic acids is 4. The van der Waals surface area contributed by atoms with Crippen molar-refractivity contribution in [1.29, 1.82) is 0 Å². The summed E-state index contributed by atoms with van der Waals surface area (Å²) in [6.45, 7) is 5.21. The number of piperidine rings is 1. The Bertz CT molecular complexity index is 1530. The number of halogens is 3. The number of hydrogen-bond acceptors (Lipinski definition) is 8. The summed E-state index contributed by atoms with van der Waals surface area (Å²) in [6.07, 6.45) is -6.45. The molecule has 11 nitrogen and oxygen atoms in total. The number of amides is 3. The molecule has 0 aliphatic carbocycles. The van der Waals surface area contributed by atoms with Crippen molar-refractivity contribution in [2.45, 2.75) is 52.1 Å². The minimum atomic E-state index is -5.33. The molecule has 3 aromatic rings. The topological polar surface area (TPSA) is 136 Å². The lowest BCUT2D eigenvalue weighted by atomic mass is 9.91. The second-order valence-corrected chi connectivity index (χ2v) is 10.5. The molecule has 0 bridgehead atoms. The predicted octanol–water partition coefficient (Wildman–Crippen LogP) is 4.22. The largest absolute Gasteiger partial charge is 0.493 e. The van der Waals surface area contributed by atoms with Gasteiger partial charge in [0.05, 0.1) is 17.5 Å². The van der Waals surface area contributed by atoms with E-state index in [-0.39, 0.29) is 31.7 Å². The zero-order chi connectivity index (χ0) is 32.0. The monoisotopic (exact) mass is 616 g/mol. The first-order valence-electron chi connectivity index (χ1n) is 13.7. The van der Waals surface area contributed by atoms with Gasteiger partial charge in [-0.3, -0.25) is 14.6 Å². The van der Waals surface area contributed by atoms with Crippen LogP contribution >= 0.6 is 0 Å². The van der Waals surface area contributed by atoms with Crippen molar-refractivity contribution in [3.05, 3.63) is 71.4 Å². The van der Waals surface area contributed by atoms with Gasteiger partial charge < -0.3 is 24.5 Å². The quantitative estimate of drug-likeness (QED) is 0.377. The average Bonchev–Trinajstić information content (AvgIpc) is 2.97. The number of nitrogens with one attached hydrogen (secondary N) is 2. The molecule has 0 unspecified atom stereocenters. The first kappa shape index (κ1) is 32.0. The van der Waals surface area contributed by atoms with Gasteiger partial charge in [0.2, 0.25) is 0 Å². The number of carbonyl (C=O) groups is 4. The first-order chi connectivity index (χ1) is 20.8. The third kappa shape index (κ3) is 8.14. The number of pyridine rings is 1. The van der Waals surface area contributed by atoms with Crippen LogP contribution in [0.25, 0.3) is 10.9 Å². The maximum atomic E-state index is 13.1. The summed E-state index contributed by atoms with van der Waals surface area (Å²) < 4.78 is 48.7. The molecule has 44 heavy (non-hydrogen) atoms. The number of para-hydroxylation sites is 1. The highest BCUT2D eigenvalue weighted by atomic mass is 19.4. The summed E-state index contributed by atoms with van der Waals surface area (Å²) in [6, 6.07) is 15.0. The highest BCUT2D eigenvalue weighted by Crippen LogP contribution is 2.23. The number of likely N-dealkylation sites (tertiary alicyclic amines) is 1. The fourth-order valence-electron chi connectivity index (χ4n) is 4.69. The maximum Gasteiger partial charge on any atom is 0.493 e. The number of ether oxygens (including phenoxy) is 2. The SMILES string of the molecule is Cc1cc(COc2ccc(C(=O)N[C@@H]3CCN(C(=O)OC(C)C)C[C@@H]3C(=O)NOC(=O)C(F)(F)F)cc2)c2ccccc2n1. The third-order valence-corrected chi connectivity index (χ3v) is 6.78. The van der Waals surface area contributed by atoms with E-state index < -0.39 is 48.1 Å². The van der Waals surface area contributed by atoms with E-state index >= 15 is 0 Å². The molecular formula is C30H31F3N4O7. The molecule has 3 amide bonds. The van der Waals surface area contributed by atoms with Gasteiger partial charge in [-0.15, -0.1) is 0 Å². The molecule has 2 aromatic carbocycles. The molecule has 2 N–H and O–H groups in total. The number of aromatic nitrogens is 1. The number of hydroxylamine groups is 1. The van der Waals surface area contributed by atoms with Crippen molar-refractivity contribution in [3.63, 3.8) is 0 Å². The highest BCUT2D eigenvalue weighted by molar-refractivity contribution is 5.95. The van der Waals surface area contributed by atoms with Gasteiger partial charge in [0, 0.05) is 41.3 Å². The van der Waals surface area contributed by atoms with Crippen LogP contribution in [0.3, 0.4) is 0 Å². The molecule has 1 fully saturated rings. The smallest absolute Gasteiger partial charge is 0.489 e. The molecule has 1 aromatic heterocycles. The fraction of sp³-hybridized carbons (Fsp3) is 0.367. The van der Waals surface area contributed by atoms with Crippen LogP contribution in [0.5, 0.6) is 5.75 Å². The lowest BCUT2D eigenvalue weighted by molar-refractivity contribution is -0.208.